The molecule has 0 spiro atoms. The van der Waals surface area contributed by atoms with Crippen LogP contribution in [0.3, 0.4) is 0 Å². The van der Waals surface area contributed by atoms with E-state index in [1.165, 1.54) is 4.90 Å². The van der Waals surface area contributed by atoms with E-state index in [1.807, 2.05) is 25.1 Å². The molecule has 4 nitrogen and oxygen atoms in total. The zero-order valence-electron chi connectivity index (χ0n) is 11.7. The molecule has 0 bridgehead atoms. The third-order valence-electron chi connectivity index (χ3n) is 3.33. The Morgan fingerprint density at radius 1 is 1.14 bits per heavy atom. The lowest BCUT2D eigenvalue weighted by Crippen LogP contribution is -2.34. The van der Waals surface area contributed by atoms with Gasteiger partial charge in [0.2, 0.25) is 0 Å². The van der Waals surface area contributed by atoms with Crippen LogP contribution in [-0.2, 0) is 4.79 Å². The van der Waals surface area contributed by atoms with Gasteiger partial charge in [-0.15, -0.1) is 0 Å². The first-order chi connectivity index (χ1) is 10.6. The predicted molar refractivity (Wildman–Crippen MR) is 90.5 cm³/mol. The van der Waals surface area contributed by atoms with Gasteiger partial charge < -0.3 is 5.32 Å². The van der Waals surface area contributed by atoms with Gasteiger partial charge in [0.25, 0.3) is 11.1 Å². The van der Waals surface area contributed by atoms with Crippen molar-refractivity contribution < 1.29 is 9.59 Å². The molecular weight excluding hydrogens is 320 g/mol. The summed E-state index contributed by atoms with van der Waals surface area (Å²) in [5, 5.41) is 2.74. The van der Waals surface area contributed by atoms with E-state index in [-0.39, 0.29) is 11.1 Å². The van der Waals surface area contributed by atoms with Crippen LogP contribution in [0.15, 0.2) is 48.5 Å². The average molecular weight is 333 g/mol. The van der Waals surface area contributed by atoms with E-state index in [1.54, 1.807) is 30.3 Å². The monoisotopic (exact) mass is 332 g/mol. The molecule has 0 saturated carbocycles. The summed E-state index contributed by atoms with van der Waals surface area (Å²) in [5.41, 5.74) is 2.25. The number of aryl methyl sites for hydroxylation is 1. The number of carbonyl (C=O) groups excluding carboxylic acids is 2. The SMILES string of the molecule is Cc1ccc(N[C@H]2SC(=O)N(c3ccccc3)C2=O)cc1Cl. The second-order valence-electron chi connectivity index (χ2n) is 4.88. The van der Waals surface area contributed by atoms with Crippen LogP contribution >= 0.6 is 23.4 Å². The van der Waals surface area contributed by atoms with Crippen LogP contribution in [0.4, 0.5) is 16.2 Å². The summed E-state index contributed by atoms with van der Waals surface area (Å²) in [6.45, 7) is 1.91. The minimum absolute atomic E-state index is 0.280. The van der Waals surface area contributed by atoms with Crippen molar-refractivity contribution >= 4 is 45.9 Å². The van der Waals surface area contributed by atoms with Crippen molar-refractivity contribution in [3.8, 4) is 0 Å². The van der Waals surface area contributed by atoms with Gasteiger partial charge in [0, 0.05) is 10.7 Å². The van der Waals surface area contributed by atoms with Gasteiger partial charge in [-0.25, -0.2) is 4.90 Å². The maximum atomic E-state index is 12.5. The lowest BCUT2D eigenvalue weighted by Gasteiger charge is -2.15. The first-order valence-corrected chi connectivity index (χ1v) is 7.94. The lowest BCUT2D eigenvalue weighted by atomic mass is 10.2. The summed E-state index contributed by atoms with van der Waals surface area (Å²) in [7, 11) is 0. The number of nitrogens with zero attached hydrogens (tertiary/aromatic N) is 1. The Morgan fingerprint density at radius 3 is 2.55 bits per heavy atom. The molecule has 2 aromatic rings. The highest BCUT2D eigenvalue weighted by Crippen LogP contribution is 2.32. The number of hydrogen-bond acceptors (Lipinski definition) is 4. The number of nitrogens with one attached hydrogen (secondary N) is 1. The second kappa shape index (κ2) is 6.02. The molecule has 1 atom stereocenters. The van der Waals surface area contributed by atoms with Crippen LogP contribution < -0.4 is 10.2 Å². The number of imide groups is 1. The molecule has 3 rings (SSSR count). The summed E-state index contributed by atoms with van der Waals surface area (Å²) in [5.74, 6) is -0.280. The highest BCUT2D eigenvalue weighted by atomic mass is 35.5. The fourth-order valence-electron chi connectivity index (χ4n) is 2.15. The van der Waals surface area contributed by atoms with Crippen LogP contribution in [0.1, 0.15) is 5.56 Å². The first kappa shape index (κ1) is 14.9. The molecule has 2 amide bonds. The van der Waals surface area contributed by atoms with E-state index in [2.05, 4.69) is 5.32 Å². The Labute approximate surface area is 137 Å². The van der Waals surface area contributed by atoms with Gasteiger partial charge >= 0.3 is 0 Å². The molecular formula is C16H13ClN2O2S. The normalized spacial score (nSPS) is 17.9. The first-order valence-electron chi connectivity index (χ1n) is 6.68. The van der Waals surface area contributed by atoms with Gasteiger partial charge in [-0.05, 0) is 48.5 Å². The summed E-state index contributed by atoms with van der Waals surface area (Å²) in [4.78, 5) is 25.8. The Hall–Kier alpha value is -1.98. The molecule has 0 aliphatic carbocycles. The van der Waals surface area contributed by atoms with Crippen LogP contribution in [0.2, 0.25) is 5.02 Å². The second-order valence-corrected chi connectivity index (χ2v) is 6.34. The number of rotatable bonds is 3. The number of para-hydroxylation sites is 1. The minimum atomic E-state index is -0.647. The van der Waals surface area contributed by atoms with Crippen molar-refractivity contribution in [2.24, 2.45) is 0 Å². The zero-order chi connectivity index (χ0) is 15.7. The van der Waals surface area contributed by atoms with E-state index >= 15 is 0 Å². The number of hydrogen-bond donors (Lipinski definition) is 1. The Balaban J connectivity index is 1.80. The molecule has 112 valence electrons. The maximum Gasteiger partial charge on any atom is 0.295 e. The van der Waals surface area contributed by atoms with Gasteiger partial charge in [0.1, 0.15) is 0 Å². The Kier molecular flexibility index (Phi) is 4.09. The van der Waals surface area contributed by atoms with Gasteiger partial charge in [0.15, 0.2) is 5.37 Å². The largest absolute Gasteiger partial charge is 0.365 e. The third-order valence-corrected chi connectivity index (χ3v) is 4.68. The molecule has 1 saturated heterocycles. The van der Waals surface area contributed by atoms with Crippen molar-refractivity contribution in [3.63, 3.8) is 0 Å². The molecule has 0 unspecified atom stereocenters. The number of thioether (sulfide) groups is 1. The lowest BCUT2D eigenvalue weighted by molar-refractivity contribution is -0.116. The quantitative estimate of drug-likeness (QED) is 0.911. The minimum Gasteiger partial charge on any atom is -0.365 e. The predicted octanol–water partition coefficient (Wildman–Crippen LogP) is 4.29. The zero-order valence-corrected chi connectivity index (χ0v) is 13.3. The van der Waals surface area contributed by atoms with E-state index in [0.29, 0.717) is 16.4 Å². The fourth-order valence-corrected chi connectivity index (χ4v) is 3.23. The summed E-state index contributed by atoms with van der Waals surface area (Å²) >= 11 is 7.04. The van der Waals surface area contributed by atoms with E-state index < -0.39 is 5.37 Å². The van der Waals surface area contributed by atoms with Crippen molar-refractivity contribution in [1.29, 1.82) is 0 Å². The fraction of sp³-hybridized carbons (Fsp3) is 0.125. The highest BCUT2D eigenvalue weighted by Gasteiger charge is 2.40. The molecule has 6 heteroatoms. The molecule has 1 N–H and O–H groups in total. The standard InChI is InChI=1S/C16H13ClN2O2S/c1-10-7-8-11(9-13(10)17)18-14-15(20)19(16(21)22-14)12-5-3-2-4-6-12/h2-9,14,18H,1H3/t14-/m0/s1. The highest BCUT2D eigenvalue weighted by molar-refractivity contribution is 8.16. The van der Waals surface area contributed by atoms with Crippen LogP contribution in [0.5, 0.6) is 0 Å². The van der Waals surface area contributed by atoms with Gasteiger partial charge in [-0.3, -0.25) is 9.59 Å². The summed E-state index contributed by atoms with van der Waals surface area (Å²) in [6, 6.07) is 14.4. The summed E-state index contributed by atoms with van der Waals surface area (Å²) in [6.07, 6.45) is 0. The van der Waals surface area contributed by atoms with E-state index in [4.69, 9.17) is 11.6 Å². The van der Waals surface area contributed by atoms with Gasteiger partial charge in [-0.2, -0.15) is 0 Å². The summed E-state index contributed by atoms with van der Waals surface area (Å²) < 4.78 is 0. The number of benzene rings is 2. The van der Waals surface area contributed by atoms with Gasteiger partial charge in [-0.1, -0.05) is 35.9 Å². The molecule has 0 aromatic heterocycles. The van der Waals surface area contributed by atoms with E-state index in [0.717, 1.165) is 17.3 Å². The van der Waals surface area contributed by atoms with Crippen molar-refractivity contribution in [2.45, 2.75) is 12.3 Å². The molecule has 2 aromatic carbocycles. The molecule has 1 fully saturated rings. The third kappa shape index (κ3) is 2.82. The van der Waals surface area contributed by atoms with Crippen LogP contribution in [-0.4, -0.2) is 16.5 Å². The van der Waals surface area contributed by atoms with Crippen molar-refractivity contribution in [1.82, 2.24) is 0 Å². The van der Waals surface area contributed by atoms with Crippen LogP contribution in [0, 0.1) is 6.92 Å². The Morgan fingerprint density at radius 2 is 1.86 bits per heavy atom. The molecule has 1 aliphatic heterocycles. The number of carbonyl (C=O) groups is 2. The topological polar surface area (TPSA) is 49.4 Å². The number of anilines is 2. The number of amides is 2. The molecule has 1 aliphatic rings. The van der Waals surface area contributed by atoms with Crippen molar-refractivity contribution in [3.05, 3.63) is 59.1 Å². The van der Waals surface area contributed by atoms with Crippen LogP contribution in [0.25, 0.3) is 0 Å². The van der Waals surface area contributed by atoms with Crippen molar-refractivity contribution in [2.75, 3.05) is 10.2 Å². The average Bonchev–Trinajstić information content (AvgIpc) is 2.78. The Bertz CT molecular complexity index is 736. The smallest absolute Gasteiger partial charge is 0.295 e. The molecule has 1 heterocycles. The molecule has 22 heavy (non-hydrogen) atoms. The number of halogens is 1. The van der Waals surface area contributed by atoms with Gasteiger partial charge in [0.05, 0.1) is 5.69 Å². The maximum absolute atomic E-state index is 12.5. The van der Waals surface area contributed by atoms with E-state index in [9.17, 15) is 9.59 Å². The molecule has 0 radical (unpaired) electrons.